The quantitative estimate of drug-likeness (QED) is 0.302. The van der Waals surface area contributed by atoms with Crippen molar-refractivity contribution in [2.24, 2.45) is 0 Å². The highest BCUT2D eigenvalue weighted by molar-refractivity contribution is 5.22. The molecule has 0 aromatic carbocycles. The van der Waals surface area contributed by atoms with E-state index in [0.29, 0.717) is 12.2 Å². The summed E-state index contributed by atoms with van der Waals surface area (Å²) < 4.78 is 171. The van der Waals surface area contributed by atoms with Gasteiger partial charge in [-0.2, -0.15) is 52.7 Å². The van der Waals surface area contributed by atoms with E-state index < -0.39 is 84.6 Å². The van der Waals surface area contributed by atoms with Crippen molar-refractivity contribution in [3.63, 3.8) is 0 Å². The molecule has 0 aliphatic heterocycles. The second-order valence-electron chi connectivity index (χ2n) is 8.15. The molecule has 34 heavy (non-hydrogen) atoms. The Morgan fingerprint density at radius 1 is 0.500 bits per heavy atom. The predicted octanol–water partition coefficient (Wildman–Crippen LogP) is 3.68. The Bertz CT molecular complexity index is 775. The van der Waals surface area contributed by atoms with Crippen LogP contribution in [0.25, 0.3) is 0 Å². The standard InChI is InChI=1S/C18H18F12O4/c19-13(20,11(33)7-3-1-5-9(11)31)15(23,24)17(27,28)18(29,30)16(25,26)14(21,22)12(34)8-4-2-6-10(12)32/h1-4,9-10,31-34H,5-8H2. The van der Waals surface area contributed by atoms with Crippen molar-refractivity contribution in [3.05, 3.63) is 24.3 Å². The molecule has 0 fully saturated rings. The minimum absolute atomic E-state index is 0.475. The van der Waals surface area contributed by atoms with Crippen LogP contribution in [0.3, 0.4) is 0 Å². The Morgan fingerprint density at radius 2 is 0.765 bits per heavy atom. The number of hydrogen-bond donors (Lipinski definition) is 4. The van der Waals surface area contributed by atoms with E-state index in [1.165, 1.54) is 0 Å². The smallest absolute Gasteiger partial charge is 0.384 e. The topological polar surface area (TPSA) is 80.9 Å². The molecular weight excluding hydrogens is 508 g/mol. The Labute approximate surface area is 183 Å². The predicted molar refractivity (Wildman–Crippen MR) is 88.3 cm³/mol. The zero-order chi connectivity index (χ0) is 26.8. The molecule has 2 rings (SSSR count). The van der Waals surface area contributed by atoms with Crippen LogP contribution < -0.4 is 0 Å². The zero-order valence-electron chi connectivity index (χ0n) is 16.6. The summed E-state index contributed by atoms with van der Waals surface area (Å²) in [6.07, 6.45) is -8.89. The van der Waals surface area contributed by atoms with Crippen molar-refractivity contribution in [2.75, 3.05) is 0 Å². The summed E-state index contributed by atoms with van der Waals surface area (Å²) in [6.45, 7) is 0. The van der Waals surface area contributed by atoms with E-state index >= 15 is 0 Å². The van der Waals surface area contributed by atoms with Gasteiger partial charge in [-0.25, -0.2) is 0 Å². The molecule has 4 nitrogen and oxygen atoms in total. The lowest BCUT2D eigenvalue weighted by Gasteiger charge is -2.49. The van der Waals surface area contributed by atoms with E-state index in [1.807, 2.05) is 0 Å². The van der Waals surface area contributed by atoms with Crippen LogP contribution in [0.5, 0.6) is 0 Å². The first-order valence-electron chi connectivity index (χ1n) is 9.38. The van der Waals surface area contributed by atoms with Crippen LogP contribution >= 0.6 is 0 Å². The fourth-order valence-electron chi connectivity index (χ4n) is 3.65. The number of aliphatic hydroxyl groups is 4. The average molecular weight is 526 g/mol. The summed E-state index contributed by atoms with van der Waals surface area (Å²) in [4.78, 5) is 0. The monoisotopic (exact) mass is 526 g/mol. The molecule has 0 saturated carbocycles. The molecular formula is C18H18F12O4. The number of rotatable bonds is 7. The third-order valence-corrected chi connectivity index (χ3v) is 6.07. The summed E-state index contributed by atoms with van der Waals surface area (Å²) in [5, 5.41) is 38.4. The van der Waals surface area contributed by atoms with E-state index in [-0.39, 0.29) is 0 Å². The van der Waals surface area contributed by atoms with Crippen molar-refractivity contribution in [2.45, 2.75) is 84.6 Å². The van der Waals surface area contributed by atoms with Crippen LogP contribution in [0, 0.1) is 0 Å². The number of halogens is 12. The highest BCUT2D eigenvalue weighted by Crippen LogP contribution is 2.64. The molecule has 0 heterocycles. The van der Waals surface area contributed by atoms with Gasteiger partial charge < -0.3 is 20.4 Å². The molecule has 2 aliphatic carbocycles. The number of hydrogen-bond acceptors (Lipinski definition) is 4. The maximum atomic E-state index is 14.4. The van der Waals surface area contributed by atoms with Crippen LogP contribution in [0.4, 0.5) is 52.7 Å². The lowest BCUT2D eigenvalue weighted by Crippen LogP contribution is -2.78. The normalized spacial score (nSPS) is 32.2. The van der Waals surface area contributed by atoms with E-state index in [4.69, 9.17) is 0 Å². The Kier molecular flexibility index (Phi) is 6.75. The summed E-state index contributed by atoms with van der Waals surface area (Å²) in [6, 6.07) is 0. The van der Waals surface area contributed by atoms with Gasteiger partial charge in [-0.3, -0.25) is 0 Å². The number of alkyl halides is 12. The van der Waals surface area contributed by atoms with E-state index in [2.05, 4.69) is 0 Å². The second kappa shape index (κ2) is 8.00. The molecule has 4 N–H and O–H groups in total. The van der Waals surface area contributed by atoms with Gasteiger partial charge in [0.15, 0.2) is 11.2 Å². The largest absolute Gasteiger partial charge is 0.390 e. The molecule has 198 valence electrons. The Morgan fingerprint density at radius 3 is 1.00 bits per heavy atom. The molecule has 4 unspecified atom stereocenters. The highest BCUT2D eigenvalue weighted by Gasteiger charge is 2.93. The van der Waals surface area contributed by atoms with E-state index in [1.54, 1.807) is 0 Å². The summed E-state index contributed by atoms with van der Waals surface area (Å²) in [5.41, 5.74) is -9.16. The fraction of sp³-hybridized carbons (Fsp3) is 0.778. The molecule has 0 aromatic heterocycles. The van der Waals surface area contributed by atoms with Crippen molar-refractivity contribution in [1.29, 1.82) is 0 Å². The fourth-order valence-corrected chi connectivity index (χ4v) is 3.65. The third-order valence-electron chi connectivity index (χ3n) is 6.07. The van der Waals surface area contributed by atoms with Crippen LogP contribution in [-0.2, 0) is 0 Å². The third kappa shape index (κ3) is 3.31. The van der Waals surface area contributed by atoms with Crippen molar-refractivity contribution < 1.29 is 73.1 Å². The van der Waals surface area contributed by atoms with Gasteiger partial charge in [0, 0.05) is 12.8 Å². The number of aliphatic hydroxyl groups excluding tert-OH is 2. The van der Waals surface area contributed by atoms with Crippen molar-refractivity contribution in [1.82, 2.24) is 0 Å². The molecule has 0 bridgehead atoms. The lowest BCUT2D eigenvalue weighted by molar-refractivity contribution is -0.452. The second-order valence-corrected chi connectivity index (χ2v) is 8.15. The van der Waals surface area contributed by atoms with Gasteiger partial charge in [-0.05, 0) is 12.8 Å². The maximum Gasteiger partial charge on any atom is 0.384 e. The summed E-state index contributed by atoms with van der Waals surface area (Å²) in [5.74, 6) is -44.9. The van der Waals surface area contributed by atoms with Crippen LogP contribution in [0.1, 0.15) is 25.7 Å². The van der Waals surface area contributed by atoms with E-state index in [0.717, 1.165) is 12.2 Å². The van der Waals surface area contributed by atoms with E-state index in [9.17, 15) is 73.1 Å². The van der Waals surface area contributed by atoms with Crippen molar-refractivity contribution in [3.8, 4) is 0 Å². The van der Waals surface area contributed by atoms with Crippen LogP contribution in [-0.4, -0.2) is 79.4 Å². The summed E-state index contributed by atoms with van der Waals surface area (Å²) in [7, 11) is 0. The van der Waals surface area contributed by atoms with Crippen LogP contribution in [0.2, 0.25) is 0 Å². The van der Waals surface area contributed by atoms with Gasteiger partial charge in [-0.1, -0.05) is 24.3 Å². The van der Waals surface area contributed by atoms with Gasteiger partial charge in [0.2, 0.25) is 0 Å². The Balaban J connectivity index is 2.62. The van der Waals surface area contributed by atoms with Gasteiger partial charge >= 0.3 is 35.5 Å². The molecule has 2 aliphatic rings. The zero-order valence-corrected chi connectivity index (χ0v) is 16.6. The van der Waals surface area contributed by atoms with Crippen LogP contribution in [0.15, 0.2) is 24.3 Å². The molecule has 16 heteroatoms. The van der Waals surface area contributed by atoms with Gasteiger partial charge in [0.1, 0.15) is 0 Å². The van der Waals surface area contributed by atoms with Crippen molar-refractivity contribution >= 4 is 0 Å². The minimum atomic E-state index is -8.00. The minimum Gasteiger partial charge on any atom is -0.390 e. The maximum absolute atomic E-state index is 14.4. The highest BCUT2D eigenvalue weighted by atomic mass is 19.4. The summed E-state index contributed by atoms with van der Waals surface area (Å²) >= 11 is 0. The lowest BCUT2D eigenvalue weighted by atomic mass is 9.73. The molecule has 0 aromatic rings. The molecule has 0 amide bonds. The molecule has 0 radical (unpaired) electrons. The first-order valence-corrected chi connectivity index (χ1v) is 9.38. The SMILES string of the molecule is OC1CC=CCC1(O)C(F)(F)C(F)(F)C(F)(F)C(F)(F)C(F)(F)C(F)(F)C1(O)CC=CCC1O. The van der Waals surface area contributed by atoms with Gasteiger partial charge in [0.25, 0.3) is 0 Å². The average Bonchev–Trinajstić information content (AvgIpc) is 2.71. The van der Waals surface area contributed by atoms with Gasteiger partial charge in [0.05, 0.1) is 12.2 Å². The molecule has 4 atom stereocenters. The van der Waals surface area contributed by atoms with Gasteiger partial charge in [-0.15, -0.1) is 0 Å². The first-order chi connectivity index (χ1) is 15.0. The first kappa shape index (κ1) is 28.7. The Hall–Kier alpha value is -1.52. The molecule has 0 spiro atoms. The molecule has 0 saturated heterocycles.